The smallest absolute Gasteiger partial charge is 0.203 e. The minimum atomic E-state index is -0.136. The molecule has 1 aromatic carbocycles. The molecule has 0 bridgehead atoms. The summed E-state index contributed by atoms with van der Waals surface area (Å²) in [6.07, 6.45) is 1.81. The lowest BCUT2D eigenvalue weighted by Crippen LogP contribution is -2.36. The molecule has 18 heavy (non-hydrogen) atoms. The predicted octanol–water partition coefficient (Wildman–Crippen LogP) is 3.29. The van der Waals surface area contributed by atoms with Crippen LogP contribution >= 0.6 is 23.1 Å². The van der Waals surface area contributed by atoms with Crippen LogP contribution in [0.3, 0.4) is 0 Å². The van der Waals surface area contributed by atoms with Gasteiger partial charge >= 0.3 is 0 Å². The molecule has 1 fully saturated rings. The van der Waals surface area contributed by atoms with Crippen molar-refractivity contribution in [3.63, 3.8) is 0 Å². The van der Waals surface area contributed by atoms with Gasteiger partial charge in [-0.2, -0.15) is 4.37 Å². The van der Waals surface area contributed by atoms with E-state index in [1.54, 1.807) is 0 Å². The molecule has 0 N–H and O–H groups in total. The molecule has 5 heteroatoms. The number of halogens is 1. The van der Waals surface area contributed by atoms with Crippen LogP contribution < -0.4 is 0 Å². The van der Waals surface area contributed by atoms with Crippen molar-refractivity contribution in [1.29, 1.82) is 0 Å². The lowest BCUT2D eigenvalue weighted by atomic mass is 9.73. The molecule has 0 unspecified atom stereocenters. The molecule has 0 aliphatic carbocycles. The second-order valence-electron chi connectivity index (χ2n) is 4.43. The van der Waals surface area contributed by atoms with Crippen molar-refractivity contribution in [2.75, 3.05) is 13.2 Å². The Bertz CT molecular complexity index is 523. The topological polar surface area (TPSA) is 35.0 Å². The van der Waals surface area contributed by atoms with E-state index in [0.29, 0.717) is 4.47 Å². The van der Waals surface area contributed by atoms with Gasteiger partial charge in [0.2, 0.25) is 4.47 Å². The number of aromatic nitrogens is 2. The summed E-state index contributed by atoms with van der Waals surface area (Å²) in [5.74, 6) is 0.840. The van der Waals surface area contributed by atoms with Gasteiger partial charge < -0.3 is 4.74 Å². The minimum absolute atomic E-state index is 0.136. The summed E-state index contributed by atoms with van der Waals surface area (Å²) in [4.78, 5) is 4.40. The number of benzene rings is 1. The first-order valence-electron chi connectivity index (χ1n) is 5.94. The molecule has 1 aliphatic rings. The summed E-state index contributed by atoms with van der Waals surface area (Å²) < 4.78 is 10.4. The average molecular weight is 281 g/mol. The molecule has 1 saturated heterocycles. The number of nitrogens with zero attached hydrogens (tertiary/aromatic N) is 2. The van der Waals surface area contributed by atoms with Gasteiger partial charge in [-0.05, 0) is 41.5 Å². The van der Waals surface area contributed by atoms with Gasteiger partial charge in [-0.3, -0.25) is 0 Å². The molecule has 2 aromatic rings. The van der Waals surface area contributed by atoms with Crippen LogP contribution in [0.5, 0.6) is 0 Å². The number of ether oxygens (including phenoxy) is 1. The molecule has 0 saturated carbocycles. The van der Waals surface area contributed by atoms with Crippen molar-refractivity contribution in [2.45, 2.75) is 18.3 Å². The zero-order valence-corrected chi connectivity index (χ0v) is 11.4. The third-order valence-electron chi connectivity index (χ3n) is 3.50. The molecule has 0 radical (unpaired) electrons. The Morgan fingerprint density at radius 2 is 1.89 bits per heavy atom. The second-order valence-corrected chi connectivity index (χ2v) is 5.77. The highest BCUT2D eigenvalue weighted by molar-refractivity contribution is 7.10. The summed E-state index contributed by atoms with van der Waals surface area (Å²) in [6.45, 7) is 1.48. The Kier molecular flexibility index (Phi) is 3.33. The third kappa shape index (κ3) is 2.05. The van der Waals surface area contributed by atoms with Gasteiger partial charge in [-0.1, -0.05) is 30.3 Å². The molecule has 0 amide bonds. The molecule has 0 spiro atoms. The molecule has 3 nitrogen and oxygen atoms in total. The maximum absolute atomic E-state index is 5.94. The highest BCUT2D eigenvalue weighted by Crippen LogP contribution is 2.40. The first-order valence-corrected chi connectivity index (χ1v) is 7.09. The number of hydrogen-bond acceptors (Lipinski definition) is 4. The standard InChI is InChI=1S/C13H13ClN2OS/c14-12-15-11(16-18-12)13(6-8-17-9-7-13)10-4-2-1-3-5-10/h1-5H,6-9H2. The van der Waals surface area contributed by atoms with E-state index in [-0.39, 0.29) is 5.41 Å². The predicted molar refractivity (Wildman–Crippen MR) is 72.2 cm³/mol. The van der Waals surface area contributed by atoms with E-state index < -0.39 is 0 Å². The fourth-order valence-corrected chi connectivity index (χ4v) is 3.21. The zero-order chi connectivity index (χ0) is 12.4. The summed E-state index contributed by atoms with van der Waals surface area (Å²) in [7, 11) is 0. The van der Waals surface area contributed by atoms with Crippen LogP contribution in [0.2, 0.25) is 4.47 Å². The van der Waals surface area contributed by atoms with Gasteiger partial charge in [0.1, 0.15) is 0 Å². The summed E-state index contributed by atoms with van der Waals surface area (Å²) in [5.41, 5.74) is 1.12. The van der Waals surface area contributed by atoms with Gasteiger partial charge in [0.05, 0.1) is 5.41 Å². The number of rotatable bonds is 2. The summed E-state index contributed by atoms with van der Waals surface area (Å²) in [6, 6.07) is 10.4. The Labute approximate surface area is 115 Å². The fraction of sp³-hybridized carbons (Fsp3) is 0.385. The van der Waals surface area contributed by atoms with Crippen molar-refractivity contribution < 1.29 is 4.74 Å². The Hall–Kier alpha value is -0.970. The Balaban J connectivity index is 2.09. The van der Waals surface area contributed by atoms with E-state index in [1.807, 2.05) is 6.07 Å². The van der Waals surface area contributed by atoms with Crippen molar-refractivity contribution >= 4 is 23.1 Å². The van der Waals surface area contributed by atoms with Crippen LogP contribution in [0.15, 0.2) is 30.3 Å². The van der Waals surface area contributed by atoms with Gasteiger partial charge in [-0.15, -0.1) is 0 Å². The van der Waals surface area contributed by atoms with Gasteiger partial charge in [0.15, 0.2) is 5.82 Å². The highest BCUT2D eigenvalue weighted by Gasteiger charge is 2.39. The van der Waals surface area contributed by atoms with Gasteiger partial charge in [-0.25, -0.2) is 4.98 Å². The SMILES string of the molecule is Clc1nc(C2(c3ccccc3)CCOCC2)ns1. The molecule has 2 heterocycles. The monoisotopic (exact) mass is 280 g/mol. The molecule has 94 valence electrons. The van der Waals surface area contributed by atoms with E-state index in [4.69, 9.17) is 16.3 Å². The van der Waals surface area contributed by atoms with Crippen molar-refractivity contribution in [1.82, 2.24) is 9.36 Å². The molecule has 3 rings (SSSR count). The van der Waals surface area contributed by atoms with Crippen LogP contribution in [-0.4, -0.2) is 22.6 Å². The van der Waals surface area contributed by atoms with E-state index in [9.17, 15) is 0 Å². The Morgan fingerprint density at radius 3 is 2.50 bits per heavy atom. The van der Waals surface area contributed by atoms with Crippen LogP contribution in [-0.2, 0) is 10.2 Å². The molecular weight excluding hydrogens is 268 g/mol. The summed E-state index contributed by atoms with van der Waals surface area (Å²) >= 11 is 7.20. The first kappa shape index (κ1) is 12.1. The second kappa shape index (κ2) is 4.96. The summed E-state index contributed by atoms with van der Waals surface area (Å²) in [5, 5.41) is 0. The van der Waals surface area contributed by atoms with E-state index in [1.165, 1.54) is 17.1 Å². The molecular formula is C13H13ClN2OS. The maximum Gasteiger partial charge on any atom is 0.203 e. The first-order chi connectivity index (χ1) is 8.81. The van der Waals surface area contributed by atoms with Gasteiger partial charge in [0, 0.05) is 13.2 Å². The van der Waals surface area contributed by atoms with Crippen LogP contribution in [0, 0.1) is 0 Å². The van der Waals surface area contributed by atoms with Crippen molar-refractivity contribution in [3.05, 3.63) is 46.2 Å². The highest BCUT2D eigenvalue weighted by atomic mass is 35.5. The van der Waals surface area contributed by atoms with Crippen LogP contribution in [0.1, 0.15) is 24.2 Å². The van der Waals surface area contributed by atoms with Gasteiger partial charge in [0.25, 0.3) is 0 Å². The average Bonchev–Trinajstić information content (AvgIpc) is 2.88. The van der Waals surface area contributed by atoms with E-state index in [2.05, 4.69) is 33.6 Å². The van der Waals surface area contributed by atoms with E-state index in [0.717, 1.165) is 31.9 Å². The number of hydrogen-bond donors (Lipinski definition) is 0. The van der Waals surface area contributed by atoms with Crippen molar-refractivity contribution in [2.24, 2.45) is 0 Å². The molecule has 1 aromatic heterocycles. The largest absolute Gasteiger partial charge is 0.381 e. The normalized spacial score (nSPS) is 18.7. The lowest BCUT2D eigenvalue weighted by Gasteiger charge is -2.35. The third-order valence-corrected chi connectivity index (χ3v) is 4.30. The van der Waals surface area contributed by atoms with Crippen LogP contribution in [0.25, 0.3) is 0 Å². The van der Waals surface area contributed by atoms with Crippen molar-refractivity contribution in [3.8, 4) is 0 Å². The zero-order valence-electron chi connectivity index (χ0n) is 9.80. The van der Waals surface area contributed by atoms with E-state index >= 15 is 0 Å². The fourth-order valence-electron chi connectivity index (χ4n) is 2.52. The maximum atomic E-state index is 5.94. The Morgan fingerprint density at radius 1 is 1.17 bits per heavy atom. The quantitative estimate of drug-likeness (QED) is 0.847. The molecule has 0 atom stereocenters. The lowest BCUT2D eigenvalue weighted by molar-refractivity contribution is 0.0608. The minimum Gasteiger partial charge on any atom is -0.381 e. The van der Waals surface area contributed by atoms with Crippen LogP contribution in [0.4, 0.5) is 0 Å². The molecule has 1 aliphatic heterocycles.